The summed E-state index contributed by atoms with van der Waals surface area (Å²) in [5, 5.41) is 0. The molecular weight excluding hydrogens is 196 g/mol. The molecule has 0 saturated heterocycles. The lowest BCUT2D eigenvalue weighted by Crippen LogP contribution is -2.08. The van der Waals surface area contributed by atoms with Gasteiger partial charge in [0.1, 0.15) is 0 Å². The number of hydrogen-bond acceptors (Lipinski definition) is 2. The van der Waals surface area contributed by atoms with Crippen LogP contribution in [0.3, 0.4) is 0 Å². The van der Waals surface area contributed by atoms with Gasteiger partial charge in [0.15, 0.2) is 0 Å². The summed E-state index contributed by atoms with van der Waals surface area (Å²) in [6.45, 7) is 2.09. The third-order valence-electron chi connectivity index (χ3n) is 1.22. The molecule has 0 aliphatic rings. The van der Waals surface area contributed by atoms with Gasteiger partial charge in [0, 0.05) is 4.83 Å². The molecule has 60 valence electrons. The number of hydrogen-bond donors (Lipinski definition) is 0. The van der Waals surface area contributed by atoms with Gasteiger partial charge in [0.05, 0.1) is 13.5 Å². The molecule has 10 heavy (non-hydrogen) atoms. The van der Waals surface area contributed by atoms with Gasteiger partial charge < -0.3 is 4.74 Å². The summed E-state index contributed by atoms with van der Waals surface area (Å²) >= 11 is 3.38. The van der Waals surface area contributed by atoms with E-state index in [-0.39, 0.29) is 10.8 Å². The average molecular weight is 209 g/mol. The minimum atomic E-state index is -0.143. The fraction of sp³-hybridized carbons (Fsp3) is 0.857. The molecule has 0 rings (SSSR count). The zero-order valence-corrected chi connectivity index (χ0v) is 7.98. The number of rotatable bonds is 4. The van der Waals surface area contributed by atoms with E-state index in [1.165, 1.54) is 7.11 Å². The van der Waals surface area contributed by atoms with Gasteiger partial charge in [-0.15, -0.1) is 0 Å². The van der Waals surface area contributed by atoms with Crippen LogP contribution in [0.1, 0.15) is 26.2 Å². The van der Waals surface area contributed by atoms with Crippen molar-refractivity contribution in [3.8, 4) is 0 Å². The van der Waals surface area contributed by atoms with Crippen LogP contribution in [0.2, 0.25) is 0 Å². The number of ether oxygens (including phenoxy) is 1. The Morgan fingerprint density at radius 2 is 2.30 bits per heavy atom. The Morgan fingerprint density at radius 3 is 2.70 bits per heavy atom. The summed E-state index contributed by atoms with van der Waals surface area (Å²) in [5.74, 6) is -0.143. The van der Waals surface area contributed by atoms with E-state index in [0.29, 0.717) is 6.42 Å². The van der Waals surface area contributed by atoms with Gasteiger partial charge >= 0.3 is 5.97 Å². The Balaban J connectivity index is 3.37. The number of alkyl halides is 1. The number of halogens is 1. The molecule has 0 fully saturated rings. The molecule has 0 spiro atoms. The lowest BCUT2D eigenvalue weighted by molar-refractivity contribution is -0.140. The van der Waals surface area contributed by atoms with Crippen LogP contribution in [0.25, 0.3) is 0 Å². The summed E-state index contributed by atoms with van der Waals surface area (Å²) in [7, 11) is 1.41. The fourth-order valence-electron chi connectivity index (χ4n) is 0.679. The topological polar surface area (TPSA) is 26.3 Å². The predicted octanol–water partition coefficient (Wildman–Crippen LogP) is 2.11. The van der Waals surface area contributed by atoms with E-state index in [1.807, 2.05) is 0 Å². The van der Waals surface area contributed by atoms with Crippen molar-refractivity contribution in [3.63, 3.8) is 0 Å². The van der Waals surface area contributed by atoms with Crippen LogP contribution >= 0.6 is 15.9 Å². The molecular formula is C7H13BrO2. The summed E-state index contributed by atoms with van der Waals surface area (Å²) in [6.07, 6.45) is 2.59. The molecule has 0 aliphatic heterocycles. The van der Waals surface area contributed by atoms with Gasteiger partial charge in [0.2, 0.25) is 0 Å². The van der Waals surface area contributed by atoms with Gasteiger partial charge in [-0.2, -0.15) is 0 Å². The second kappa shape index (κ2) is 5.71. The van der Waals surface area contributed by atoms with Gasteiger partial charge in [-0.05, 0) is 6.42 Å². The first kappa shape index (κ1) is 9.95. The first-order valence-electron chi connectivity index (χ1n) is 3.41. The standard InChI is InChI=1S/C7H13BrO2/c1-3-4-6(8)5-7(9)10-2/h6H,3-5H2,1-2H3. The minimum absolute atomic E-state index is 0.143. The molecule has 0 saturated carbocycles. The van der Waals surface area contributed by atoms with Crippen molar-refractivity contribution in [2.45, 2.75) is 31.0 Å². The Labute approximate surface area is 70.1 Å². The van der Waals surface area contributed by atoms with E-state index in [2.05, 4.69) is 27.6 Å². The van der Waals surface area contributed by atoms with Crippen molar-refractivity contribution >= 4 is 21.9 Å². The highest BCUT2D eigenvalue weighted by molar-refractivity contribution is 9.09. The van der Waals surface area contributed by atoms with E-state index in [1.54, 1.807) is 0 Å². The molecule has 1 unspecified atom stereocenters. The van der Waals surface area contributed by atoms with E-state index in [9.17, 15) is 4.79 Å². The van der Waals surface area contributed by atoms with E-state index >= 15 is 0 Å². The Kier molecular flexibility index (Phi) is 5.69. The van der Waals surface area contributed by atoms with E-state index < -0.39 is 0 Å². The molecule has 0 aromatic heterocycles. The molecule has 0 aliphatic carbocycles. The first-order valence-corrected chi connectivity index (χ1v) is 4.33. The summed E-state index contributed by atoms with van der Waals surface area (Å²) < 4.78 is 4.50. The van der Waals surface area contributed by atoms with Crippen molar-refractivity contribution in [1.82, 2.24) is 0 Å². The Bertz CT molecular complexity index is 104. The second-order valence-electron chi connectivity index (χ2n) is 2.17. The van der Waals surface area contributed by atoms with Crippen LogP contribution in [0, 0.1) is 0 Å². The van der Waals surface area contributed by atoms with Crippen molar-refractivity contribution < 1.29 is 9.53 Å². The van der Waals surface area contributed by atoms with Crippen LogP contribution in [0.15, 0.2) is 0 Å². The maximum atomic E-state index is 10.6. The van der Waals surface area contributed by atoms with Gasteiger partial charge in [-0.25, -0.2) is 0 Å². The van der Waals surface area contributed by atoms with Crippen LogP contribution in [0.5, 0.6) is 0 Å². The molecule has 2 nitrogen and oxygen atoms in total. The largest absolute Gasteiger partial charge is 0.469 e. The lowest BCUT2D eigenvalue weighted by Gasteiger charge is -2.04. The molecule has 0 aromatic carbocycles. The van der Waals surface area contributed by atoms with E-state index in [4.69, 9.17) is 0 Å². The SMILES string of the molecule is CCCC(Br)CC(=O)OC. The highest BCUT2D eigenvalue weighted by Gasteiger charge is 2.08. The maximum Gasteiger partial charge on any atom is 0.306 e. The van der Waals surface area contributed by atoms with E-state index in [0.717, 1.165) is 12.8 Å². The summed E-state index contributed by atoms with van der Waals surface area (Å²) in [6, 6.07) is 0. The van der Waals surface area contributed by atoms with Crippen molar-refractivity contribution in [3.05, 3.63) is 0 Å². The highest BCUT2D eigenvalue weighted by atomic mass is 79.9. The van der Waals surface area contributed by atoms with Crippen LogP contribution < -0.4 is 0 Å². The van der Waals surface area contributed by atoms with Crippen molar-refractivity contribution in [1.29, 1.82) is 0 Å². The monoisotopic (exact) mass is 208 g/mol. The normalized spacial score (nSPS) is 12.7. The molecule has 0 bridgehead atoms. The number of carbonyl (C=O) groups is 1. The third-order valence-corrected chi connectivity index (χ3v) is 2.00. The predicted molar refractivity (Wildman–Crippen MR) is 44.3 cm³/mol. The number of methoxy groups -OCH3 is 1. The second-order valence-corrected chi connectivity index (χ2v) is 3.46. The minimum Gasteiger partial charge on any atom is -0.469 e. The molecule has 0 N–H and O–H groups in total. The summed E-state index contributed by atoms with van der Waals surface area (Å²) in [4.78, 5) is 10.9. The summed E-state index contributed by atoms with van der Waals surface area (Å²) in [5.41, 5.74) is 0. The quantitative estimate of drug-likeness (QED) is 0.523. The molecule has 1 atom stereocenters. The smallest absolute Gasteiger partial charge is 0.306 e. The van der Waals surface area contributed by atoms with Crippen LogP contribution in [-0.4, -0.2) is 17.9 Å². The maximum absolute atomic E-state index is 10.6. The Morgan fingerprint density at radius 1 is 1.70 bits per heavy atom. The van der Waals surface area contributed by atoms with Crippen LogP contribution in [-0.2, 0) is 9.53 Å². The molecule has 3 heteroatoms. The number of carbonyl (C=O) groups excluding carboxylic acids is 1. The molecule has 0 heterocycles. The van der Waals surface area contributed by atoms with Crippen molar-refractivity contribution in [2.75, 3.05) is 7.11 Å². The molecule has 0 amide bonds. The lowest BCUT2D eigenvalue weighted by atomic mass is 10.2. The molecule has 0 radical (unpaired) electrons. The van der Waals surface area contributed by atoms with Gasteiger partial charge in [-0.3, -0.25) is 4.79 Å². The third kappa shape index (κ3) is 4.79. The Hall–Kier alpha value is -0.0500. The van der Waals surface area contributed by atoms with Gasteiger partial charge in [-0.1, -0.05) is 29.3 Å². The fourth-order valence-corrected chi connectivity index (χ4v) is 1.40. The van der Waals surface area contributed by atoms with Gasteiger partial charge in [0.25, 0.3) is 0 Å². The zero-order chi connectivity index (χ0) is 7.98. The van der Waals surface area contributed by atoms with Crippen molar-refractivity contribution in [2.24, 2.45) is 0 Å². The van der Waals surface area contributed by atoms with Crippen LogP contribution in [0.4, 0.5) is 0 Å². The number of esters is 1. The highest BCUT2D eigenvalue weighted by Crippen LogP contribution is 2.12. The first-order chi connectivity index (χ1) is 4.70. The average Bonchev–Trinajstić information content (AvgIpc) is 1.88. The zero-order valence-electron chi connectivity index (χ0n) is 6.39. The molecule has 0 aromatic rings.